The number of para-hydroxylation sites is 1. The van der Waals surface area contributed by atoms with E-state index in [2.05, 4.69) is 22.0 Å². The van der Waals surface area contributed by atoms with Gasteiger partial charge in [0.1, 0.15) is 11.5 Å². The van der Waals surface area contributed by atoms with Gasteiger partial charge < -0.3 is 25.1 Å². The van der Waals surface area contributed by atoms with Gasteiger partial charge in [-0.15, -0.1) is 0 Å². The fourth-order valence-electron chi connectivity index (χ4n) is 4.11. The van der Waals surface area contributed by atoms with Gasteiger partial charge in [0.25, 0.3) is 5.91 Å². The summed E-state index contributed by atoms with van der Waals surface area (Å²) in [6.07, 6.45) is 1.51. The van der Waals surface area contributed by atoms with E-state index in [0.717, 1.165) is 11.3 Å². The number of aryl methyl sites for hydroxylation is 1. The minimum Gasteiger partial charge on any atom is -0.494 e. The van der Waals surface area contributed by atoms with E-state index in [1.54, 1.807) is 43.3 Å². The van der Waals surface area contributed by atoms with Crippen molar-refractivity contribution in [2.75, 3.05) is 23.0 Å². The molecular weight excluding hydrogens is 500 g/mol. The molecule has 3 N–H and O–H groups in total. The summed E-state index contributed by atoms with van der Waals surface area (Å²) in [6.45, 7) is 6.16. The van der Waals surface area contributed by atoms with Crippen molar-refractivity contribution in [3.63, 3.8) is 0 Å². The molecule has 38 heavy (non-hydrogen) atoms. The van der Waals surface area contributed by atoms with Crippen LogP contribution in [-0.2, 0) is 9.59 Å². The molecule has 4 rings (SSSR count). The number of allylic oxidation sites excluding steroid dienone is 2. The number of nitriles is 1. The lowest BCUT2D eigenvalue weighted by atomic mass is 9.85. The van der Waals surface area contributed by atoms with Crippen LogP contribution in [0.2, 0.25) is 0 Å². The average molecular weight is 529 g/mol. The summed E-state index contributed by atoms with van der Waals surface area (Å²) in [4.78, 5) is 26.1. The number of nitrogens with one attached hydrogen (secondary N) is 3. The molecule has 0 bridgehead atoms. The zero-order chi connectivity index (χ0) is 27.1. The number of ether oxygens (including phenoxy) is 1. The molecule has 8 nitrogen and oxygen atoms in total. The van der Waals surface area contributed by atoms with E-state index in [-0.39, 0.29) is 17.6 Å². The summed E-state index contributed by atoms with van der Waals surface area (Å²) in [5.74, 6) is -0.0422. The molecule has 0 spiro atoms. The molecule has 2 aromatic carbocycles. The Morgan fingerprint density at radius 2 is 1.84 bits per heavy atom. The van der Waals surface area contributed by atoms with Gasteiger partial charge in [-0.3, -0.25) is 9.59 Å². The topological polar surface area (TPSA) is 116 Å². The van der Waals surface area contributed by atoms with E-state index in [0.29, 0.717) is 45.6 Å². The summed E-state index contributed by atoms with van der Waals surface area (Å²) in [5, 5.41) is 19.6. The number of dihydropyridines is 1. The van der Waals surface area contributed by atoms with Crippen LogP contribution in [0.5, 0.6) is 5.75 Å². The minimum atomic E-state index is -0.725. The lowest BCUT2D eigenvalue weighted by molar-refractivity contribution is -0.114. The highest BCUT2D eigenvalue weighted by Crippen LogP contribution is 2.41. The molecule has 1 unspecified atom stereocenters. The summed E-state index contributed by atoms with van der Waals surface area (Å²) >= 11 is 1.20. The van der Waals surface area contributed by atoms with Crippen molar-refractivity contribution in [3.05, 3.63) is 100 Å². The van der Waals surface area contributed by atoms with Gasteiger partial charge in [-0.1, -0.05) is 30.0 Å². The molecule has 0 aliphatic carbocycles. The number of rotatable bonds is 9. The molecule has 3 aromatic rings. The number of hydrogen-bond acceptors (Lipinski definition) is 7. The first-order valence-corrected chi connectivity index (χ1v) is 13.1. The molecule has 0 saturated carbocycles. The third-order valence-electron chi connectivity index (χ3n) is 5.91. The van der Waals surface area contributed by atoms with Crippen LogP contribution in [0.15, 0.2) is 93.2 Å². The zero-order valence-electron chi connectivity index (χ0n) is 21.3. The molecule has 0 radical (unpaired) electrons. The summed E-state index contributed by atoms with van der Waals surface area (Å²) in [5.41, 5.74) is 3.51. The molecule has 1 aliphatic rings. The number of nitrogens with zero attached hydrogens (tertiary/aromatic N) is 1. The van der Waals surface area contributed by atoms with Gasteiger partial charge in [0.15, 0.2) is 0 Å². The molecular formula is C29H28N4O4S. The third-order valence-corrected chi connectivity index (χ3v) is 6.93. The van der Waals surface area contributed by atoms with E-state index < -0.39 is 5.92 Å². The van der Waals surface area contributed by atoms with Gasteiger partial charge >= 0.3 is 0 Å². The van der Waals surface area contributed by atoms with Crippen LogP contribution in [0.25, 0.3) is 0 Å². The normalized spacial score (nSPS) is 14.9. The standard InChI is InChI=1S/C29H28N4O4S/c1-4-36-21-13-11-20(12-14-21)32-25(34)17-38-29-22(16-30)27(24-10-7-15-37-24)26(19(3)31-29)28(35)33-23-9-6-5-8-18(23)2/h5-15,27,31H,4,17H2,1-3H3,(H,32,34)(H,33,35). The molecule has 2 amide bonds. The van der Waals surface area contributed by atoms with Crippen molar-refractivity contribution >= 4 is 35.0 Å². The number of carbonyl (C=O) groups is 2. The monoisotopic (exact) mass is 528 g/mol. The Bertz CT molecular complexity index is 1420. The van der Waals surface area contributed by atoms with Crippen LogP contribution in [0, 0.1) is 18.3 Å². The van der Waals surface area contributed by atoms with Crippen LogP contribution >= 0.6 is 11.8 Å². The molecule has 1 aliphatic heterocycles. The Hall–Kier alpha value is -4.42. The maximum absolute atomic E-state index is 13.5. The van der Waals surface area contributed by atoms with Gasteiger partial charge in [-0.2, -0.15) is 5.26 Å². The van der Waals surface area contributed by atoms with Gasteiger partial charge in [0.05, 0.1) is 46.8 Å². The Labute approximate surface area is 225 Å². The Kier molecular flexibility index (Phi) is 8.56. The van der Waals surface area contributed by atoms with Crippen molar-refractivity contribution in [2.45, 2.75) is 26.7 Å². The maximum atomic E-state index is 13.5. The molecule has 2 heterocycles. The summed E-state index contributed by atoms with van der Waals surface area (Å²) in [6, 6.07) is 20.3. The van der Waals surface area contributed by atoms with E-state index in [1.165, 1.54) is 18.0 Å². The smallest absolute Gasteiger partial charge is 0.254 e. The van der Waals surface area contributed by atoms with E-state index in [1.807, 2.05) is 38.1 Å². The largest absolute Gasteiger partial charge is 0.494 e. The number of thioether (sulfide) groups is 1. The maximum Gasteiger partial charge on any atom is 0.254 e. The highest BCUT2D eigenvalue weighted by Gasteiger charge is 2.36. The Balaban J connectivity index is 1.54. The number of furan rings is 1. The van der Waals surface area contributed by atoms with Gasteiger partial charge in [-0.05, 0) is 68.8 Å². The number of hydrogen-bond donors (Lipinski definition) is 3. The quantitative estimate of drug-likeness (QED) is 0.326. The van der Waals surface area contributed by atoms with E-state index in [4.69, 9.17) is 9.15 Å². The van der Waals surface area contributed by atoms with Crippen LogP contribution < -0.4 is 20.7 Å². The van der Waals surface area contributed by atoms with Crippen LogP contribution in [0.4, 0.5) is 11.4 Å². The van der Waals surface area contributed by atoms with Gasteiger partial charge in [0, 0.05) is 17.1 Å². The average Bonchev–Trinajstić information content (AvgIpc) is 3.44. The van der Waals surface area contributed by atoms with Gasteiger partial charge in [-0.25, -0.2) is 0 Å². The highest BCUT2D eigenvalue weighted by molar-refractivity contribution is 8.03. The zero-order valence-corrected chi connectivity index (χ0v) is 22.1. The number of benzene rings is 2. The van der Waals surface area contributed by atoms with Crippen molar-refractivity contribution in [1.82, 2.24) is 5.32 Å². The second-order valence-electron chi connectivity index (χ2n) is 8.53. The van der Waals surface area contributed by atoms with E-state index in [9.17, 15) is 14.9 Å². The first kappa shape index (κ1) is 26.6. The Morgan fingerprint density at radius 3 is 2.50 bits per heavy atom. The SMILES string of the molecule is CCOc1ccc(NC(=O)CSC2=C(C#N)C(c3ccco3)C(C(=O)Nc3ccccc3C)=C(C)N2)cc1. The number of anilines is 2. The van der Waals surface area contributed by atoms with Crippen molar-refractivity contribution in [2.24, 2.45) is 0 Å². The highest BCUT2D eigenvalue weighted by atomic mass is 32.2. The molecule has 0 fully saturated rings. The van der Waals surface area contributed by atoms with Crippen LogP contribution in [0.1, 0.15) is 31.1 Å². The number of carbonyl (C=O) groups excluding carboxylic acids is 2. The minimum absolute atomic E-state index is 0.0591. The summed E-state index contributed by atoms with van der Waals surface area (Å²) in [7, 11) is 0. The first-order chi connectivity index (χ1) is 18.4. The van der Waals surface area contributed by atoms with Crippen LogP contribution in [0.3, 0.4) is 0 Å². The van der Waals surface area contributed by atoms with Gasteiger partial charge in [0.2, 0.25) is 5.91 Å². The Morgan fingerprint density at radius 1 is 1.08 bits per heavy atom. The van der Waals surface area contributed by atoms with Crippen LogP contribution in [-0.4, -0.2) is 24.2 Å². The third kappa shape index (κ3) is 6.10. The molecule has 9 heteroatoms. The fraction of sp³-hybridized carbons (Fsp3) is 0.207. The molecule has 0 saturated heterocycles. The molecule has 194 valence electrons. The van der Waals surface area contributed by atoms with Crippen molar-refractivity contribution < 1.29 is 18.7 Å². The lowest BCUT2D eigenvalue weighted by Gasteiger charge is -2.28. The predicted octanol–water partition coefficient (Wildman–Crippen LogP) is 5.69. The number of amides is 2. The second-order valence-corrected chi connectivity index (χ2v) is 9.52. The fourth-order valence-corrected chi connectivity index (χ4v) is 5.00. The summed E-state index contributed by atoms with van der Waals surface area (Å²) < 4.78 is 11.1. The molecule has 1 aromatic heterocycles. The second kappa shape index (κ2) is 12.2. The predicted molar refractivity (Wildman–Crippen MR) is 148 cm³/mol. The van der Waals surface area contributed by atoms with Crippen molar-refractivity contribution in [3.8, 4) is 11.8 Å². The first-order valence-electron chi connectivity index (χ1n) is 12.1. The lowest BCUT2D eigenvalue weighted by Crippen LogP contribution is -2.31. The molecule has 1 atom stereocenters. The van der Waals surface area contributed by atoms with E-state index >= 15 is 0 Å². The van der Waals surface area contributed by atoms with Crippen molar-refractivity contribution in [1.29, 1.82) is 5.26 Å².